The van der Waals surface area contributed by atoms with E-state index in [2.05, 4.69) is 10.2 Å². The Kier molecular flexibility index (Phi) is 7.50. The lowest BCUT2D eigenvalue weighted by Crippen LogP contribution is -2.52. The number of carbonyl (C=O) groups is 3. The second kappa shape index (κ2) is 10.1. The van der Waals surface area contributed by atoms with Gasteiger partial charge in [0.1, 0.15) is 0 Å². The molecule has 2 aliphatic heterocycles. The fourth-order valence-electron chi connectivity index (χ4n) is 4.43. The van der Waals surface area contributed by atoms with E-state index in [0.717, 1.165) is 39.0 Å². The molecule has 0 aromatic rings. The first-order valence-corrected chi connectivity index (χ1v) is 10.7. The Morgan fingerprint density at radius 2 is 1.37 bits per heavy atom. The highest BCUT2D eigenvalue weighted by atomic mass is 16.2. The predicted octanol–water partition coefficient (Wildman–Crippen LogP) is 0.840. The lowest BCUT2D eigenvalue weighted by Gasteiger charge is -2.35. The summed E-state index contributed by atoms with van der Waals surface area (Å²) in [5.74, 6) is 0.758. The van der Waals surface area contributed by atoms with Crippen LogP contribution >= 0.6 is 0 Å². The molecule has 2 saturated heterocycles. The van der Waals surface area contributed by atoms with Crippen molar-refractivity contribution >= 4 is 17.7 Å². The minimum atomic E-state index is -0.107. The minimum Gasteiger partial charge on any atom is -0.346 e. The summed E-state index contributed by atoms with van der Waals surface area (Å²) < 4.78 is 0. The van der Waals surface area contributed by atoms with Crippen molar-refractivity contribution in [1.82, 2.24) is 20.0 Å². The van der Waals surface area contributed by atoms with Crippen LogP contribution in [0.1, 0.15) is 51.4 Å². The van der Waals surface area contributed by atoms with Crippen LogP contribution in [0.5, 0.6) is 0 Å². The van der Waals surface area contributed by atoms with Gasteiger partial charge in [0.25, 0.3) is 0 Å². The number of amides is 3. The van der Waals surface area contributed by atoms with Crippen molar-refractivity contribution in [3.05, 3.63) is 0 Å². The van der Waals surface area contributed by atoms with Crippen molar-refractivity contribution in [1.29, 1.82) is 0 Å². The lowest BCUT2D eigenvalue weighted by atomic mass is 9.86. The van der Waals surface area contributed by atoms with Crippen molar-refractivity contribution in [2.45, 2.75) is 51.4 Å². The van der Waals surface area contributed by atoms with E-state index in [1.807, 2.05) is 9.80 Å². The summed E-state index contributed by atoms with van der Waals surface area (Å²) in [7, 11) is 0. The maximum Gasteiger partial charge on any atom is 0.241 e. The van der Waals surface area contributed by atoms with Crippen molar-refractivity contribution < 1.29 is 14.4 Å². The monoisotopic (exact) mass is 378 g/mol. The fourth-order valence-corrected chi connectivity index (χ4v) is 4.43. The first-order chi connectivity index (χ1) is 13.1. The summed E-state index contributed by atoms with van der Waals surface area (Å²) in [6, 6.07) is 0. The highest BCUT2D eigenvalue weighted by molar-refractivity contribution is 5.85. The maximum absolute atomic E-state index is 12.5. The van der Waals surface area contributed by atoms with Gasteiger partial charge in [0, 0.05) is 45.7 Å². The van der Waals surface area contributed by atoms with E-state index >= 15 is 0 Å². The number of likely N-dealkylation sites (tertiary alicyclic amines) is 1. The summed E-state index contributed by atoms with van der Waals surface area (Å²) in [5.41, 5.74) is 0. The molecule has 0 radical (unpaired) electrons. The molecule has 3 aliphatic rings. The number of carbonyl (C=O) groups excluding carboxylic acids is 3. The van der Waals surface area contributed by atoms with Crippen LogP contribution in [-0.4, -0.2) is 84.8 Å². The molecule has 0 unspecified atom stereocenters. The Bertz CT molecular complexity index is 519. The molecule has 0 aromatic carbocycles. The van der Waals surface area contributed by atoms with E-state index in [1.165, 1.54) is 32.1 Å². The fraction of sp³-hybridized carbons (Fsp3) is 0.850. The first-order valence-electron chi connectivity index (χ1n) is 10.7. The Hall–Kier alpha value is -1.63. The Morgan fingerprint density at radius 1 is 0.741 bits per heavy atom. The SMILES string of the molecule is O=C(CN1CCN(C(=O)CC2CCCCC2)CC1)NCC(=O)N1CCCC1. The summed E-state index contributed by atoms with van der Waals surface area (Å²) in [6.07, 6.45) is 9.05. The third-order valence-electron chi connectivity index (χ3n) is 6.18. The second-order valence-corrected chi connectivity index (χ2v) is 8.23. The molecule has 1 aliphatic carbocycles. The van der Waals surface area contributed by atoms with Gasteiger partial charge in [-0.05, 0) is 31.6 Å². The quantitative estimate of drug-likeness (QED) is 0.743. The largest absolute Gasteiger partial charge is 0.346 e. The first kappa shape index (κ1) is 20.1. The van der Waals surface area contributed by atoms with Gasteiger partial charge in [-0.2, -0.15) is 0 Å². The topological polar surface area (TPSA) is 73.0 Å². The van der Waals surface area contributed by atoms with Gasteiger partial charge >= 0.3 is 0 Å². The van der Waals surface area contributed by atoms with E-state index in [1.54, 1.807) is 0 Å². The van der Waals surface area contributed by atoms with E-state index in [0.29, 0.717) is 32.0 Å². The molecule has 152 valence electrons. The number of rotatable bonds is 6. The molecule has 3 amide bonds. The summed E-state index contributed by atoms with van der Waals surface area (Å²) in [6.45, 7) is 4.87. The van der Waals surface area contributed by atoms with Gasteiger partial charge < -0.3 is 15.1 Å². The summed E-state index contributed by atoms with van der Waals surface area (Å²) >= 11 is 0. The van der Waals surface area contributed by atoms with Crippen LogP contribution in [0.4, 0.5) is 0 Å². The molecule has 0 atom stereocenters. The third-order valence-corrected chi connectivity index (χ3v) is 6.18. The van der Waals surface area contributed by atoms with Crippen molar-refractivity contribution in [2.24, 2.45) is 5.92 Å². The number of hydrogen-bond acceptors (Lipinski definition) is 4. The molecule has 7 nitrogen and oxygen atoms in total. The van der Waals surface area contributed by atoms with Gasteiger partial charge in [0.05, 0.1) is 13.1 Å². The molecule has 0 aromatic heterocycles. The zero-order valence-electron chi connectivity index (χ0n) is 16.5. The van der Waals surface area contributed by atoms with E-state index in [4.69, 9.17) is 0 Å². The van der Waals surface area contributed by atoms with Gasteiger partial charge in [-0.3, -0.25) is 19.3 Å². The average molecular weight is 379 g/mol. The number of piperazine rings is 1. The lowest BCUT2D eigenvalue weighted by molar-refractivity contribution is -0.135. The molecule has 0 bridgehead atoms. The molecule has 7 heteroatoms. The molecule has 2 heterocycles. The van der Waals surface area contributed by atoms with Gasteiger partial charge in [-0.1, -0.05) is 19.3 Å². The van der Waals surface area contributed by atoms with Crippen LogP contribution in [-0.2, 0) is 14.4 Å². The van der Waals surface area contributed by atoms with Crippen LogP contribution in [0, 0.1) is 5.92 Å². The number of nitrogens with zero attached hydrogens (tertiary/aromatic N) is 3. The van der Waals surface area contributed by atoms with Gasteiger partial charge in [-0.15, -0.1) is 0 Å². The van der Waals surface area contributed by atoms with E-state index in [-0.39, 0.29) is 24.3 Å². The third kappa shape index (κ3) is 6.19. The standard InChI is InChI=1S/C20H34N4O3/c25-18(21-15-20(27)23-8-4-5-9-23)16-22-10-12-24(13-11-22)19(26)14-17-6-2-1-3-7-17/h17H,1-16H2,(H,21,25). The molecule has 1 saturated carbocycles. The molecule has 1 N–H and O–H groups in total. The van der Waals surface area contributed by atoms with Crippen LogP contribution in [0.2, 0.25) is 0 Å². The molecule has 3 rings (SSSR count). The minimum absolute atomic E-state index is 0.0129. The van der Waals surface area contributed by atoms with Crippen molar-refractivity contribution in [3.8, 4) is 0 Å². The molecule has 27 heavy (non-hydrogen) atoms. The molecular weight excluding hydrogens is 344 g/mol. The Labute approximate surface area is 162 Å². The Balaban J connectivity index is 1.30. The summed E-state index contributed by atoms with van der Waals surface area (Å²) in [5, 5.41) is 2.74. The zero-order valence-corrected chi connectivity index (χ0v) is 16.5. The van der Waals surface area contributed by atoms with Gasteiger partial charge in [-0.25, -0.2) is 0 Å². The predicted molar refractivity (Wildman–Crippen MR) is 103 cm³/mol. The van der Waals surface area contributed by atoms with E-state index in [9.17, 15) is 14.4 Å². The second-order valence-electron chi connectivity index (χ2n) is 8.23. The molecular formula is C20H34N4O3. The Morgan fingerprint density at radius 3 is 2.04 bits per heavy atom. The van der Waals surface area contributed by atoms with Crippen LogP contribution in [0.3, 0.4) is 0 Å². The molecule has 0 spiro atoms. The van der Waals surface area contributed by atoms with E-state index < -0.39 is 0 Å². The highest BCUT2D eigenvalue weighted by Gasteiger charge is 2.25. The zero-order chi connectivity index (χ0) is 19.1. The van der Waals surface area contributed by atoms with Crippen molar-refractivity contribution in [3.63, 3.8) is 0 Å². The van der Waals surface area contributed by atoms with Gasteiger partial charge in [0.2, 0.25) is 17.7 Å². The maximum atomic E-state index is 12.5. The van der Waals surface area contributed by atoms with Crippen LogP contribution in [0.25, 0.3) is 0 Å². The van der Waals surface area contributed by atoms with Crippen LogP contribution < -0.4 is 5.32 Å². The number of hydrogen-bond donors (Lipinski definition) is 1. The van der Waals surface area contributed by atoms with Crippen molar-refractivity contribution in [2.75, 3.05) is 52.4 Å². The van der Waals surface area contributed by atoms with Gasteiger partial charge in [0.15, 0.2) is 0 Å². The molecule has 3 fully saturated rings. The van der Waals surface area contributed by atoms with Crippen LogP contribution in [0.15, 0.2) is 0 Å². The summed E-state index contributed by atoms with van der Waals surface area (Å²) in [4.78, 5) is 42.4. The normalized spacial score (nSPS) is 22.1. The highest BCUT2D eigenvalue weighted by Crippen LogP contribution is 2.27. The number of nitrogens with one attached hydrogen (secondary N) is 1. The average Bonchev–Trinajstić information content (AvgIpc) is 3.22. The smallest absolute Gasteiger partial charge is 0.241 e.